The third kappa shape index (κ3) is 2.49. The third-order valence-corrected chi connectivity index (χ3v) is 6.43. The molecule has 2 saturated heterocycles. The number of nitrogens with zero attached hydrogens (tertiary/aromatic N) is 1. The standard InChI is InChI=1S/C22H17ClN2O5/c23-12-1-4-14(5-2-12)25-10-22-8-7-16(30-22)18(19(22)21(25)27)20(26)24-13-3-6-15-17(9-13)29-11-28-15/h1-9,16,18-19H,10-11H2,(H,24,26)/t16-,18+,19-,22+/m1/s1. The Bertz CT molecular complexity index is 1100. The number of nitrogens with one attached hydrogen (secondary N) is 1. The van der Waals surface area contributed by atoms with Gasteiger partial charge >= 0.3 is 0 Å². The van der Waals surface area contributed by atoms with Gasteiger partial charge < -0.3 is 24.4 Å². The largest absolute Gasteiger partial charge is 0.454 e. The first-order valence-corrected chi connectivity index (χ1v) is 10.1. The van der Waals surface area contributed by atoms with Crippen molar-refractivity contribution in [3.63, 3.8) is 0 Å². The maximum Gasteiger partial charge on any atom is 0.234 e. The molecule has 0 radical (unpaired) electrons. The summed E-state index contributed by atoms with van der Waals surface area (Å²) in [5, 5.41) is 3.51. The minimum atomic E-state index is -0.779. The van der Waals surface area contributed by atoms with Crippen molar-refractivity contribution in [2.75, 3.05) is 23.6 Å². The molecule has 2 aromatic carbocycles. The van der Waals surface area contributed by atoms with E-state index in [0.717, 1.165) is 5.69 Å². The first-order chi connectivity index (χ1) is 14.5. The first kappa shape index (κ1) is 17.8. The highest BCUT2D eigenvalue weighted by Crippen LogP contribution is 2.53. The van der Waals surface area contributed by atoms with E-state index in [2.05, 4.69) is 5.32 Å². The highest BCUT2D eigenvalue weighted by Gasteiger charge is 2.67. The summed E-state index contributed by atoms with van der Waals surface area (Å²) >= 11 is 5.98. The van der Waals surface area contributed by atoms with Crippen LogP contribution in [0.5, 0.6) is 11.5 Å². The van der Waals surface area contributed by atoms with Gasteiger partial charge in [-0.1, -0.05) is 23.8 Å². The summed E-state index contributed by atoms with van der Waals surface area (Å²) in [6, 6.07) is 12.3. The van der Waals surface area contributed by atoms with Crippen molar-refractivity contribution in [3.8, 4) is 11.5 Å². The molecule has 0 saturated carbocycles. The summed E-state index contributed by atoms with van der Waals surface area (Å²) < 4.78 is 16.8. The number of fused-ring (bicyclic) bond motifs is 2. The van der Waals surface area contributed by atoms with Gasteiger partial charge in [0.05, 0.1) is 24.5 Å². The van der Waals surface area contributed by atoms with Crippen LogP contribution in [0, 0.1) is 11.8 Å². The number of carbonyl (C=O) groups excluding carboxylic acids is 2. The number of benzene rings is 2. The topological polar surface area (TPSA) is 77.1 Å². The molecule has 8 heteroatoms. The van der Waals surface area contributed by atoms with Gasteiger partial charge in [-0.15, -0.1) is 0 Å². The number of carbonyl (C=O) groups is 2. The van der Waals surface area contributed by atoms with Gasteiger partial charge in [0.15, 0.2) is 11.5 Å². The van der Waals surface area contributed by atoms with E-state index < -0.39 is 23.5 Å². The second-order valence-corrected chi connectivity index (χ2v) is 8.29. The van der Waals surface area contributed by atoms with Crippen LogP contribution in [-0.4, -0.2) is 36.9 Å². The molecule has 30 heavy (non-hydrogen) atoms. The minimum Gasteiger partial charge on any atom is -0.454 e. The summed E-state index contributed by atoms with van der Waals surface area (Å²) in [5.74, 6) is -0.319. The maximum atomic E-state index is 13.3. The second-order valence-electron chi connectivity index (χ2n) is 7.86. The first-order valence-electron chi connectivity index (χ1n) is 9.69. The fourth-order valence-electron chi connectivity index (χ4n) is 4.84. The Morgan fingerprint density at radius 2 is 1.93 bits per heavy atom. The lowest BCUT2D eigenvalue weighted by Crippen LogP contribution is -2.41. The van der Waals surface area contributed by atoms with Gasteiger partial charge in [0.2, 0.25) is 18.6 Å². The molecule has 6 rings (SSSR count). The molecule has 1 N–H and O–H groups in total. The van der Waals surface area contributed by atoms with E-state index in [0.29, 0.717) is 28.8 Å². The fraction of sp³-hybridized carbons (Fsp3) is 0.273. The predicted octanol–water partition coefficient (Wildman–Crippen LogP) is 2.99. The van der Waals surface area contributed by atoms with E-state index in [9.17, 15) is 9.59 Å². The Balaban J connectivity index is 1.28. The van der Waals surface area contributed by atoms with E-state index in [1.54, 1.807) is 47.4 Å². The molecule has 2 aromatic rings. The zero-order chi connectivity index (χ0) is 20.5. The molecule has 152 valence electrons. The Labute approximate surface area is 177 Å². The lowest BCUT2D eigenvalue weighted by atomic mass is 9.77. The average molecular weight is 425 g/mol. The van der Waals surface area contributed by atoms with E-state index in [4.69, 9.17) is 25.8 Å². The van der Waals surface area contributed by atoms with E-state index in [-0.39, 0.29) is 18.6 Å². The molecule has 4 atom stereocenters. The lowest BCUT2D eigenvalue weighted by molar-refractivity contribution is -0.128. The van der Waals surface area contributed by atoms with Crippen molar-refractivity contribution in [1.29, 1.82) is 0 Å². The monoisotopic (exact) mass is 424 g/mol. The van der Waals surface area contributed by atoms with Crippen LogP contribution < -0.4 is 19.7 Å². The zero-order valence-electron chi connectivity index (χ0n) is 15.7. The fourth-order valence-corrected chi connectivity index (χ4v) is 4.96. The molecule has 0 unspecified atom stereocenters. The molecule has 4 aliphatic rings. The van der Waals surface area contributed by atoms with Gasteiger partial charge in [-0.25, -0.2) is 0 Å². The van der Waals surface area contributed by atoms with Gasteiger partial charge in [0.1, 0.15) is 5.60 Å². The normalized spacial score (nSPS) is 30.1. The van der Waals surface area contributed by atoms with Crippen LogP contribution in [0.4, 0.5) is 11.4 Å². The molecule has 0 aliphatic carbocycles. The van der Waals surface area contributed by atoms with Crippen LogP contribution in [0.15, 0.2) is 54.6 Å². The van der Waals surface area contributed by atoms with Crippen molar-refractivity contribution in [2.45, 2.75) is 11.7 Å². The quantitative estimate of drug-likeness (QED) is 0.766. The van der Waals surface area contributed by atoms with Gasteiger partial charge in [0.25, 0.3) is 0 Å². The van der Waals surface area contributed by atoms with Crippen LogP contribution >= 0.6 is 11.6 Å². The smallest absolute Gasteiger partial charge is 0.234 e. The lowest BCUT2D eigenvalue weighted by Gasteiger charge is -2.23. The molecule has 0 aromatic heterocycles. The number of ether oxygens (including phenoxy) is 3. The summed E-state index contributed by atoms with van der Waals surface area (Å²) in [4.78, 5) is 28.2. The van der Waals surface area contributed by atoms with Crippen molar-refractivity contribution < 1.29 is 23.8 Å². The number of anilines is 2. The van der Waals surface area contributed by atoms with Crippen LogP contribution in [0.3, 0.4) is 0 Å². The highest BCUT2D eigenvalue weighted by atomic mass is 35.5. The van der Waals surface area contributed by atoms with Gasteiger partial charge in [-0.05, 0) is 36.4 Å². The summed E-state index contributed by atoms with van der Waals surface area (Å²) in [7, 11) is 0. The van der Waals surface area contributed by atoms with E-state index in [1.807, 2.05) is 12.2 Å². The van der Waals surface area contributed by atoms with E-state index >= 15 is 0 Å². The number of hydrogen-bond acceptors (Lipinski definition) is 5. The van der Waals surface area contributed by atoms with Gasteiger partial charge in [0, 0.05) is 22.5 Å². The molecule has 2 amide bonds. The van der Waals surface area contributed by atoms with Crippen LogP contribution in [0.2, 0.25) is 5.02 Å². The molecule has 1 spiro atoms. The number of hydrogen-bond donors (Lipinski definition) is 1. The Morgan fingerprint density at radius 3 is 2.77 bits per heavy atom. The van der Waals surface area contributed by atoms with Crippen molar-refractivity contribution in [3.05, 3.63) is 59.6 Å². The van der Waals surface area contributed by atoms with Crippen LogP contribution in [-0.2, 0) is 14.3 Å². The molecule has 2 fully saturated rings. The highest BCUT2D eigenvalue weighted by molar-refractivity contribution is 6.30. The van der Waals surface area contributed by atoms with Crippen LogP contribution in [0.1, 0.15) is 0 Å². The van der Waals surface area contributed by atoms with Gasteiger partial charge in [-0.3, -0.25) is 9.59 Å². The number of amides is 2. The zero-order valence-corrected chi connectivity index (χ0v) is 16.5. The summed E-state index contributed by atoms with van der Waals surface area (Å²) in [6.45, 7) is 0.536. The second kappa shape index (κ2) is 6.23. The van der Waals surface area contributed by atoms with Crippen LogP contribution in [0.25, 0.3) is 0 Å². The third-order valence-electron chi connectivity index (χ3n) is 6.18. The molecule has 4 aliphatic heterocycles. The Kier molecular flexibility index (Phi) is 3.70. The van der Waals surface area contributed by atoms with Crippen molar-refractivity contribution in [2.24, 2.45) is 11.8 Å². The maximum absolute atomic E-state index is 13.3. The number of rotatable bonds is 3. The summed E-state index contributed by atoms with van der Waals surface area (Å²) in [5.41, 5.74) is 0.548. The summed E-state index contributed by atoms with van der Waals surface area (Å²) in [6.07, 6.45) is 3.40. The molecule has 4 heterocycles. The molecule has 7 nitrogen and oxygen atoms in total. The average Bonchev–Trinajstić information content (AvgIpc) is 3.49. The Hall–Kier alpha value is -3.03. The Morgan fingerprint density at radius 1 is 1.13 bits per heavy atom. The molecule has 2 bridgehead atoms. The number of halogens is 1. The van der Waals surface area contributed by atoms with E-state index in [1.165, 1.54) is 0 Å². The van der Waals surface area contributed by atoms with Gasteiger partial charge in [-0.2, -0.15) is 0 Å². The van der Waals surface area contributed by atoms with Crippen molar-refractivity contribution in [1.82, 2.24) is 0 Å². The predicted molar refractivity (Wildman–Crippen MR) is 109 cm³/mol. The SMILES string of the molecule is O=C(Nc1ccc2c(c1)OCO2)[C@H]1[C@H]2C=C[C@@]3(CN(c4ccc(Cl)cc4)C(=O)[C@@H]13)O2. The molecular weight excluding hydrogens is 408 g/mol. The van der Waals surface area contributed by atoms with Crippen molar-refractivity contribution >= 4 is 34.8 Å². The molecular formula is C22H17ClN2O5. The minimum absolute atomic E-state index is 0.116.